The van der Waals surface area contributed by atoms with Gasteiger partial charge in [-0.25, -0.2) is 4.98 Å². The van der Waals surface area contributed by atoms with Gasteiger partial charge in [0.15, 0.2) is 5.13 Å². The summed E-state index contributed by atoms with van der Waals surface area (Å²) in [5.41, 5.74) is 1.96. The molecule has 7 heteroatoms. The third-order valence-corrected chi connectivity index (χ3v) is 6.35. The van der Waals surface area contributed by atoms with Crippen LogP contribution in [0.15, 0.2) is 72.8 Å². The predicted octanol–water partition coefficient (Wildman–Crippen LogP) is 4.95. The summed E-state index contributed by atoms with van der Waals surface area (Å²) >= 11 is 1.34. The summed E-state index contributed by atoms with van der Waals surface area (Å²) in [6.45, 7) is 7.77. The van der Waals surface area contributed by atoms with Crippen LogP contribution in [0.2, 0.25) is 0 Å². The van der Waals surface area contributed by atoms with Crippen LogP contribution >= 0.6 is 11.3 Å². The lowest BCUT2D eigenvalue weighted by Crippen LogP contribution is -2.29. The standard InChI is InChI=1S/C25H22N2O4S/c1-4-14-31-19-12-10-17(11-13-19)21-20(22(28)18-8-6-5-7-9-18)23(29)24(30)27(21)25-26-15(2)16(3)32-25/h4-13,21,28H,1,14H2,2-3H3/t21-/m1/s1. The summed E-state index contributed by atoms with van der Waals surface area (Å²) in [6.07, 6.45) is 1.65. The van der Waals surface area contributed by atoms with Crippen LogP contribution in [0.25, 0.3) is 5.76 Å². The van der Waals surface area contributed by atoms with Crippen molar-refractivity contribution in [3.8, 4) is 5.75 Å². The highest BCUT2D eigenvalue weighted by Gasteiger charge is 2.48. The van der Waals surface area contributed by atoms with Crippen LogP contribution < -0.4 is 9.64 Å². The quantitative estimate of drug-likeness (QED) is 0.251. The van der Waals surface area contributed by atoms with Crippen molar-refractivity contribution in [2.45, 2.75) is 19.9 Å². The molecule has 0 bridgehead atoms. The van der Waals surface area contributed by atoms with Crippen LogP contribution in [0.5, 0.6) is 5.75 Å². The molecule has 1 atom stereocenters. The summed E-state index contributed by atoms with van der Waals surface area (Å²) < 4.78 is 5.55. The van der Waals surface area contributed by atoms with Gasteiger partial charge >= 0.3 is 5.91 Å². The average molecular weight is 447 g/mol. The van der Waals surface area contributed by atoms with Gasteiger partial charge in [0.2, 0.25) is 0 Å². The van der Waals surface area contributed by atoms with Gasteiger partial charge in [-0.05, 0) is 31.5 Å². The number of aryl methyl sites for hydroxylation is 2. The molecule has 1 aliphatic rings. The van der Waals surface area contributed by atoms with Gasteiger partial charge in [0, 0.05) is 10.4 Å². The maximum atomic E-state index is 13.1. The van der Waals surface area contributed by atoms with Gasteiger partial charge in [0.05, 0.1) is 17.3 Å². The SMILES string of the molecule is C=CCOc1ccc([C@@H]2C(=C(O)c3ccccc3)C(=O)C(=O)N2c2nc(C)c(C)s2)cc1. The lowest BCUT2D eigenvalue weighted by Gasteiger charge is -2.23. The van der Waals surface area contributed by atoms with Gasteiger partial charge < -0.3 is 9.84 Å². The number of thiazole rings is 1. The first-order chi connectivity index (χ1) is 15.4. The normalized spacial score (nSPS) is 17.6. The number of ketones is 1. The van der Waals surface area contributed by atoms with Crippen molar-refractivity contribution in [1.82, 2.24) is 4.98 Å². The Morgan fingerprint density at radius 2 is 1.84 bits per heavy atom. The lowest BCUT2D eigenvalue weighted by atomic mass is 9.95. The molecule has 4 rings (SSSR count). The summed E-state index contributed by atoms with van der Waals surface area (Å²) in [4.78, 5) is 33.1. The lowest BCUT2D eigenvalue weighted by molar-refractivity contribution is -0.132. The Hall–Kier alpha value is -3.71. The molecule has 1 amide bonds. The summed E-state index contributed by atoms with van der Waals surface area (Å²) in [7, 11) is 0. The fraction of sp³-hybridized carbons (Fsp3) is 0.160. The molecule has 1 aromatic heterocycles. The fourth-order valence-corrected chi connectivity index (χ4v) is 4.49. The van der Waals surface area contributed by atoms with E-state index in [2.05, 4.69) is 11.6 Å². The maximum absolute atomic E-state index is 13.1. The van der Waals surface area contributed by atoms with Gasteiger partial charge in [-0.1, -0.05) is 55.1 Å². The molecule has 0 spiro atoms. The number of hydrogen-bond acceptors (Lipinski definition) is 6. The molecule has 32 heavy (non-hydrogen) atoms. The number of amides is 1. The molecule has 6 nitrogen and oxygen atoms in total. The van der Waals surface area contributed by atoms with Crippen molar-refractivity contribution in [2.75, 3.05) is 11.5 Å². The Morgan fingerprint density at radius 1 is 1.16 bits per heavy atom. The van der Waals surface area contributed by atoms with Crippen LogP contribution in [0.3, 0.4) is 0 Å². The van der Waals surface area contributed by atoms with E-state index in [0.29, 0.717) is 28.6 Å². The molecule has 0 saturated carbocycles. The van der Waals surface area contributed by atoms with Crippen LogP contribution in [0.4, 0.5) is 5.13 Å². The third-order valence-electron chi connectivity index (χ3n) is 5.28. The molecule has 1 aliphatic heterocycles. The molecule has 0 unspecified atom stereocenters. The Morgan fingerprint density at radius 3 is 2.44 bits per heavy atom. The number of aliphatic hydroxyl groups is 1. The van der Waals surface area contributed by atoms with Crippen molar-refractivity contribution < 1.29 is 19.4 Å². The molecular formula is C25H22N2O4S. The van der Waals surface area contributed by atoms with Crippen LogP contribution in [-0.4, -0.2) is 28.4 Å². The molecule has 0 aliphatic carbocycles. The van der Waals surface area contributed by atoms with Crippen molar-refractivity contribution in [2.24, 2.45) is 0 Å². The number of aliphatic hydroxyl groups excluding tert-OH is 1. The van der Waals surface area contributed by atoms with E-state index in [9.17, 15) is 14.7 Å². The third kappa shape index (κ3) is 3.83. The second-order valence-corrected chi connectivity index (χ2v) is 8.52. The monoisotopic (exact) mass is 446 g/mol. The van der Waals surface area contributed by atoms with Crippen LogP contribution in [0, 0.1) is 13.8 Å². The zero-order valence-electron chi connectivity index (χ0n) is 17.7. The van der Waals surface area contributed by atoms with Gasteiger partial charge in [-0.15, -0.1) is 11.3 Å². The van der Waals surface area contributed by atoms with Crippen molar-refractivity contribution >= 4 is 33.9 Å². The van der Waals surface area contributed by atoms with Crippen molar-refractivity contribution in [3.63, 3.8) is 0 Å². The number of benzene rings is 2. The summed E-state index contributed by atoms with van der Waals surface area (Å²) in [5, 5.41) is 11.5. The minimum atomic E-state index is -0.811. The number of aromatic nitrogens is 1. The average Bonchev–Trinajstić information content (AvgIpc) is 3.28. The molecule has 3 aromatic rings. The Kier molecular flexibility index (Phi) is 5.92. The van der Waals surface area contributed by atoms with E-state index in [4.69, 9.17) is 4.74 Å². The molecule has 2 aromatic carbocycles. The van der Waals surface area contributed by atoms with Crippen LogP contribution in [0.1, 0.15) is 27.7 Å². The second-order valence-electron chi connectivity index (χ2n) is 7.34. The maximum Gasteiger partial charge on any atom is 0.301 e. The van der Waals surface area contributed by atoms with Gasteiger partial charge in [-0.2, -0.15) is 0 Å². The number of ether oxygens (including phenoxy) is 1. The van der Waals surface area contributed by atoms with E-state index >= 15 is 0 Å². The highest BCUT2D eigenvalue weighted by atomic mass is 32.1. The highest BCUT2D eigenvalue weighted by molar-refractivity contribution is 7.16. The van der Waals surface area contributed by atoms with E-state index in [1.165, 1.54) is 16.2 Å². The fourth-order valence-electron chi connectivity index (χ4n) is 3.56. The van der Waals surface area contributed by atoms with E-state index < -0.39 is 17.7 Å². The summed E-state index contributed by atoms with van der Waals surface area (Å²) in [6, 6.07) is 15.0. The molecule has 1 N–H and O–H groups in total. The van der Waals surface area contributed by atoms with E-state index in [1.807, 2.05) is 19.9 Å². The molecule has 162 valence electrons. The number of carbonyl (C=O) groups is 2. The first-order valence-corrected chi connectivity index (χ1v) is 10.9. The first kappa shape index (κ1) is 21.5. The van der Waals surface area contributed by atoms with E-state index in [-0.39, 0.29) is 11.3 Å². The minimum absolute atomic E-state index is 0.0338. The van der Waals surface area contributed by atoms with E-state index in [0.717, 1.165) is 10.6 Å². The van der Waals surface area contributed by atoms with Gasteiger partial charge in [0.1, 0.15) is 18.1 Å². The number of Topliss-reactive ketones (excluding diaryl/α,β-unsaturated/α-hetero) is 1. The molecule has 1 saturated heterocycles. The smallest absolute Gasteiger partial charge is 0.301 e. The largest absolute Gasteiger partial charge is 0.507 e. The Labute approximate surface area is 190 Å². The number of anilines is 1. The zero-order chi connectivity index (χ0) is 22.8. The Bertz CT molecular complexity index is 1190. The number of nitrogens with zero attached hydrogens (tertiary/aromatic N) is 2. The Balaban J connectivity index is 1.88. The van der Waals surface area contributed by atoms with Crippen molar-refractivity contribution in [3.05, 3.63) is 94.5 Å². The number of carbonyl (C=O) groups excluding carboxylic acids is 2. The zero-order valence-corrected chi connectivity index (χ0v) is 18.6. The van der Waals surface area contributed by atoms with Crippen LogP contribution in [-0.2, 0) is 9.59 Å². The van der Waals surface area contributed by atoms with Gasteiger partial charge in [0.25, 0.3) is 5.78 Å². The number of hydrogen-bond donors (Lipinski definition) is 1. The molecule has 0 radical (unpaired) electrons. The molecular weight excluding hydrogens is 424 g/mol. The second kappa shape index (κ2) is 8.80. The predicted molar refractivity (Wildman–Crippen MR) is 125 cm³/mol. The van der Waals surface area contributed by atoms with Crippen molar-refractivity contribution in [1.29, 1.82) is 0 Å². The molecule has 2 heterocycles. The van der Waals surface area contributed by atoms with Gasteiger partial charge in [-0.3, -0.25) is 14.5 Å². The minimum Gasteiger partial charge on any atom is -0.507 e. The highest BCUT2D eigenvalue weighted by Crippen LogP contribution is 2.43. The first-order valence-electron chi connectivity index (χ1n) is 10.1. The summed E-state index contributed by atoms with van der Waals surface area (Å²) in [5.74, 6) is -1.04. The topological polar surface area (TPSA) is 79.7 Å². The molecule has 1 fully saturated rings. The number of rotatable bonds is 6. The van der Waals surface area contributed by atoms with E-state index in [1.54, 1.807) is 54.6 Å².